The third-order valence-electron chi connectivity index (χ3n) is 4.79. The summed E-state index contributed by atoms with van der Waals surface area (Å²) in [6.07, 6.45) is 6.87. The van der Waals surface area contributed by atoms with Crippen LogP contribution in [0.3, 0.4) is 0 Å². The SMILES string of the molecule is Cc1c[nH]c(C)c1C(=O)N1CCCC1CN1CCCC1. The van der Waals surface area contributed by atoms with E-state index in [4.69, 9.17) is 0 Å². The van der Waals surface area contributed by atoms with Gasteiger partial charge in [-0.1, -0.05) is 0 Å². The van der Waals surface area contributed by atoms with Crippen LogP contribution in [0.4, 0.5) is 0 Å². The molecular weight excluding hydrogens is 250 g/mol. The Labute approximate surface area is 121 Å². The zero-order valence-electron chi connectivity index (χ0n) is 12.6. The average Bonchev–Trinajstić information content (AvgIpc) is 3.13. The molecular formula is C16H25N3O. The number of hydrogen-bond acceptors (Lipinski definition) is 2. The lowest BCUT2D eigenvalue weighted by Crippen LogP contribution is -2.42. The lowest BCUT2D eigenvalue weighted by Gasteiger charge is -2.28. The molecule has 1 N–H and O–H groups in total. The molecule has 0 radical (unpaired) electrons. The second-order valence-electron chi connectivity index (χ2n) is 6.27. The second-order valence-corrected chi connectivity index (χ2v) is 6.27. The highest BCUT2D eigenvalue weighted by Crippen LogP contribution is 2.24. The van der Waals surface area contributed by atoms with Crippen LogP contribution in [0, 0.1) is 13.8 Å². The minimum Gasteiger partial charge on any atom is -0.364 e. The summed E-state index contributed by atoms with van der Waals surface area (Å²) in [7, 11) is 0. The number of likely N-dealkylation sites (tertiary alicyclic amines) is 2. The topological polar surface area (TPSA) is 39.3 Å². The second kappa shape index (κ2) is 5.60. The highest BCUT2D eigenvalue weighted by molar-refractivity contribution is 5.97. The van der Waals surface area contributed by atoms with Gasteiger partial charge in [-0.2, -0.15) is 0 Å². The van der Waals surface area contributed by atoms with Gasteiger partial charge < -0.3 is 14.8 Å². The van der Waals surface area contributed by atoms with E-state index in [1.807, 2.05) is 20.0 Å². The maximum atomic E-state index is 12.8. The Morgan fingerprint density at radius 2 is 2.00 bits per heavy atom. The normalized spacial score (nSPS) is 23.7. The molecule has 1 amide bonds. The molecule has 0 saturated carbocycles. The molecule has 1 atom stereocenters. The summed E-state index contributed by atoms with van der Waals surface area (Å²) < 4.78 is 0. The fraction of sp³-hybridized carbons (Fsp3) is 0.688. The van der Waals surface area contributed by atoms with Crippen molar-refractivity contribution in [1.82, 2.24) is 14.8 Å². The van der Waals surface area contributed by atoms with E-state index in [-0.39, 0.29) is 5.91 Å². The highest BCUT2D eigenvalue weighted by Gasteiger charge is 2.32. The zero-order valence-corrected chi connectivity index (χ0v) is 12.6. The van der Waals surface area contributed by atoms with Gasteiger partial charge in [0.1, 0.15) is 0 Å². The first-order valence-corrected chi connectivity index (χ1v) is 7.84. The van der Waals surface area contributed by atoms with Crippen LogP contribution < -0.4 is 0 Å². The molecule has 1 unspecified atom stereocenters. The molecule has 20 heavy (non-hydrogen) atoms. The van der Waals surface area contributed by atoms with Crippen molar-refractivity contribution in [1.29, 1.82) is 0 Å². The minimum atomic E-state index is 0.225. The van der Waals surface area contributed by atoms with E-state index >= 15 is 0 Å². The van der Waals surface area contributed by atoms with Gasteiger partial charge in [0.2, 0.25) is 0 Å². The quantitative estimate of drug-likeness (QED) is 0.919. The number of carbonyl (C=O) groups is 1. The van der Waals surface area contributed by atoms with Crippen LogP contribution in [0.1, 0.15) is 47.3 Å². The van der Waals surface area contributed by atoms with E-state index in [2.05, 4.69) is 14.8 Å². The summed E-state index contributed by atoms with van der Waals surface area (Å²) in [4.78, 5) is 20.6. The van der Waals surface area contributed by atoms with Crippen molar-refractivity contribution < 1.29 is 4.79 Å². The van der Waals surface area contributed by atoms with E-state index in [1.54, 1.807) is 0 Å². The maximum absolute atomic E-state index is 12.8. The number of amides is 1. The Kier molecular flexibility index (Phi) is 3.83. The van der Waals surface area contributed by atoms with E-state index in [0.29, 0.717) is 6.04 Å². The summed E-state index contributed by atoms with van der Waals surface area (Å²) in [6.45, 7) is 8.41. The Morgan fingerprint density at radius 3 is 2.65 bits per heavy atom. The van der Waals surface area contributed by atoms with Gasteiger partial charge in [-0.3, -0.25) is 4.79 Å². The Balaban J connectivity index is 1.73. The Morgan fingerprint density at radius 1 is 1.25 bits per heavy atom. The predicted octanol–water partition coefficient (Wildman–Crippen LogP) is 2.33. The van der Waals surface area contributed by atoms with Gasteiger partial charge in [-0.15, -0.1) is 0 Å². The molecule has 110 valence electrons. The fourth-order valence-corrected chi connectivity index (χ4v) is 3.69. The number of nitrogens with zero attached hydrogens (tertiary/aromatic N) is 2. The van der Waals surface area contributed by atoms with E-state index in [0.717, 1.165) is 42.8 Å². The smallest absolute Gasteiger partial charge is 0.256 e. The summed E-state index contributed by atoms with van der Waals surface area (Å²) >= 11 is 0. The van der Waals surface area contributed by atoms with Crippen LogP contribution in [0.2, 0.25) is 0 Å². The van der Waals surface area contributed by atoms with Crippen molar-refractivity contribution in [3.63, 3.8) is 0 Å². The van der Waals surface area contributed by atoms with E-state index in [9.17, 15) is 4.79 Å². The number of nitrogens with one attached hydrogen (secondary N) is 1. The molecule has 2 saturated heterocycles. The number of carbonyl (C=O) groups excluding carboxylic acids is 1. The molecule has 2 fully saturated rings. The van der Waals surface area contributed by atoms with Crippen molar-refractivity contribution >= 4 is 5.91 Å². The predicted molar refractivity (Wildman–Crippen MR) is 80.0 cm³/mol. The standard InChI is InChI=1S/C16H25N3O/c1-12-10-17-13(2)15(12)16(20)19-9-5-6-14(19)11-18-7-3-4-8-18/h10,14,17H,3-9,11H2,1-2H3. The van der Waals surface area contributed by atoms with Gasteiger partial charge in [0, 0.05) is 31.0 Å². The molecule has 1 aromatic rings. The molecule has 3 heterocycles. The van der Waals surface area contributed by atoms with Gasteiger partial charge in [0.25, 0.3) is 5.91 Å². The van der Waals surface area contributed by atoms with Gasteiger partial charge in [-0.25, -0.2) is 0 Å². The van der Waals surface area contributed by atoms with Crippen molar-refractivity contribution in [2.75, 3.05) is 26.2 Å². The van der Waals surface area contributed by atoms with Crippen molar-refractivity contribution in [2.24, 2.45) is 0 Å². The van der Waals surface area contributed by atoms with Gasteiger partial charge in [0.15, 0.2) is 0 Å². The van der Waals surface area contributed by atoms with Gasteiger partial charge in [-0.05, 0) is 58.2 Å². The molecule has 4 heteroatoms. The third-order valence-corrected chi connectivity index (χ3v) is 4.79. The first kappa shape index (κ1) is 13.7. The number of hydrogen-bond donors (Lipinski definition) is 1. The lowest BCUT2D eigenvalue weighted by molar-refractivity contribution is 0.0707. The van der Waals surface area contributed by atoms with E-state index in [1.165, 1.54) is 25.9 Å². The molecule has 0 bridgehead atoms. The summed E-state index contributed by atoms with van der Waals surface area (Å²) in [5.74, 6) is 0.225. The van der Waals surface area contributed by atoms with Crippen LogP contribution in [-0.2, 0) is 0 Å². The van der Waals surface area contributed by atoms with Crippen LogP contribution in [0.15, 0.2) is 6.20 Å². The molecule has 3 rings (SSSR count). The van der Waals surface area contributed by atoms with E-state index < -0.39 is 0 Å². The fourth-order valence-electron chi connectivity index (χ4n) is 3.69. The summed E-state index contributed by atoms with van der Waals surface area (Å²) in [5.41, 5.74) is 2.96. The summed E-state index contributed by atoms with van der Waals surface area (Å²) in [5, 5.41) is 0. The van der Waals surface area contributed by atoms with Crippen molar-refractivity contribution in [3.05, 3.63) is 23.0 Å². The number of aryl methyl sites for hydroxylation is 2. The first-order valence-electron chi connectivity index (χ1n) is 7.84. The maximum Gasteiger partial charge on any atom is 0.256 e. The molecule has 0 aromatic carbocycles. The largest absolute Gasteiger partial charge is 0.364 e. The molecule has 2 aliphatic rings. The van der Waals surface area contributed by atoms with Crippen LogP contribution in [0.5, 0.6) is 0 Å². The monoisotopic (exact) mass is 275 g/mol. The zero-order chi connectivity index (χ0) is 14.1. The van der Waals surface area contributed by atoms with Crippen LogP contribution >= 0.6 is 0 Å². The van der Waals surface area contributed by atoms with Gasteiger partial charge in [0.05, 0.1) is 5.56 Å². The number of aromatic nitrogens is 1. The lowest BCUT2D eigenvalue weighted by atomic mass is 10.1. The molecule has 4 nitrogen and oxygen atoms in total. The van der Waals surface area contributed by atoms with Crippen molar-refractivity contribution in [3.8, 4) is 0 Å². The van der Waals surface area contributed by atoms with Crippen LogP contribution in [-0.4, -0.2) is 52.9 Å². The first-order chi connectivity index (χ1) is 9.66. The summed E-state index contributed by atoms with van der Waals surface area (Å²) in [6, 6.07) is 0.411. The molecule has 0 spiro atoms. The molecule has 2 aliphatic heterocycles. The average molecular weight is 275 g/mol. The number of H-pyrrole nitrogens is 1. The molecule has 0 aliphatic carbocycles. The van der Waals surface area contributed by atoms with Crippen molar-refractivity contribution in [2.45, 2.75) is 45.6 Å². The number of aromatic amines is 1. The van der Waals surface area contributed by atoms with Crippen LogP contribution in [0.25, 0.3) is 0 Å². The Hall–Kier alpha value is -1.29. The minimum absolute atomic E-state index is 0.225. The third kappa shape index (κ3) is 2.49. The highest BCUT2D eigenvalue weighted by atomic mass is 16.2. The number of rotatable bonds is 3. The molecule has 1 aromatic heterocycles. The Bertz CT molecular complexity index is 468. The van der Waals surface area contributed by atoms with Gasteiger partial charge >= 0.3 is 0 Å².